The van der Waals surface area contributed by atoms with Gasteiger partial charge in [-0.05, 0) is 49.4 Å². The van der Waals surface area contributed by atoms with Gasteiger partial charge in [-0.1, -0.05) is 67.4 Å². The monoisotopic (exact) mass is 603 g/mol. The highest BCUT2D eigenvalue weighted by Crippen LogP contribution is 2.32. The second-order valence-corrected chi connectivity index (χ2v) is 13.8. The second-order valence-electron chi connectivity index (χ2n) is 13.8. The van der Waals surface area contributed by atoms with Gasteiger partial charge in [-0.15, -0.1) is 6.58 Å². The van der Waals surface area contributed by atoms with Gasteiger partial charge in [-0.3, -0.25) is 24.0 Å². The molecule has 3 fully saturated rings. The Labute approximate surface area is 256 Å². The fourth-order valence-corrected chi connectivity index (χ4v) is 4.89. The fourth-order valence-electron chi connectivity index (χ4n) is 4.89. The van der Waals surface area contributed by atoms with Crippen LogP contribution in [-0.2, 0) is 24.0 Å². The van der Waals surface area contributed by atoms with Crippen molar-refractivity contribution in [1.29, 1.82) is 0 Å². The first-order valence-corrected chi connectivity index (χ1v) is 15.6. The maximum absolute atomic E-state index is 13.8. The minimum Gasteiger partial charge on any atom is -0.346 e. The van der Waals surface area contributed by atoms with Gasteiger partial charge >= 0.3 is 6.03 Å². The topological polar surface area (TPSA) is 154 Å². The summed E-state index contributed by atoms with van der Waals surface area (Å²) in [4.78, 5) is 78.5. The SMILES string of the molecule is C=CCNC(=O)C(=O)C(C)NC(=O)[C@@H]1[C@@H](C)CCN1C(=O)C(NC(=O)NC(C(=O)C1CC1)C(C)C)C(C)(C)C.CC1CC1. The van der Waals surface area contributed by atoms with E-state index in [0.29, 0.717) is 13.0 Å². The lowest BCUT2D eigenvalue weighted by Gasteiger charge is -2.36. The van der Waals surface area contributed by atoms with Crippen LogP contribution in [0.2, 0.25) is 0 Å². The fraction of sp³-hybridized carbons (Fsp3) is 0.750. The van der Waals surface area contributed by atoms with Crippen molar-refractivity contribution in [1.82, 2.24) is 26.2 Å². The summed E-state index contributed by atoms with van der Waals surface area (Å²) in [5.74, 6) is -1.86. The van der Waals surface area contributed by atoms with E-state index >= 15 is 0 Å². The molecular weight excluding hydrogens is 550 g/mol. The van der Waals surface area contributed by atoms with Crippen LogP contribution in [0, 0.1) is 29.1 Å². The molecule has 5 amide bonds. The molecule has 1 aliphatic heterocycles. The number of hydrogen-bond donors (Lipinski definition) is 4. The molecule has 2 saturated carbocycles. The quantitative estimate of drug-likeness (QED) is 0.199. The highest BCUT2D eigenvalue weighted by Gasteiger charge is 2.46. The first-order chi connectivity index (χ1) is 20.0. The maximum atomic E-state index is 13.8. The van der Waals surface area contributed by atoms with Gasteiger partial charge in [0.25, 0.3) is 5.91 Å². The number of urea groups is 1. The number of nitrogens with one attached hydrogen (secondary N) is 4. The van der Waals surface area contributed by atoms with Gasteiger partial charge in [0.15, 0.2) is 5.78 Å². The number of amides is 5. The van der Waals surface area contributed by atoms with E-state index in [4.69, 9.17) is 0 Å². The second kappa shape index (κ2) is 15.5. The Morgan fingerprint density at radius 3 is 1.95 bits per heavy atom. The molecule has 3 aliphatic rings. The van der Waals surface area contributed by atoms with Gasteiger partial charge in [0.2, 0.25) is 17.6 Å². The van der Waals surface area contributed by atoms with Crippen LogP contribution >= 0.6 is 0 Å². The van der Waals surface area contributed by atoms with Crippen LogP contribution in [-0.4, -0.2) is 77.5 Å². The molecule has 11 nitrogen and oxygen atoms in total. The van der Waals surface area contributed by atoms with E-state index in [-0.39, 0.29) is 30.1 Å². The molecule has 0 spiro atoms. The van der Waals surface area contributed by atoms with E-state index in [1.54, 1.807) is 0 Å². The minimum atomic E-state index is -1.09. The Kier molecular flexibility index (Phi) is 12.9. The van der Waals surface area contributed by atoms with E-state index in [9.17, 15) is 28.8 Å². The lowest BCUT2D eigenvalue weighted by atomic mass is 9.85. The van der Waals surface area contributed by atoms with Crippen molar-refractivity contribution in [3.63, 3.8) is 0 Å². The van der Waals surface area contributed by atoms with Crippen LogP contribution in [0.1, 0.15) is 87.5 Å². The summed E-state index contributed by atoms with van der Waals surface area (Å²) in [6, 6.07) is -4.22. The lowest BCUT2D eigenvalue weighted by molar-refractivity contribution is -0.144. The molecule has 0 radical (unpaired) electrons. The number of likely N-dealkylation sites (tertiary alicyclic amines) is 1. The number of nitrogens with zero attached hydrogens (tertiary/aromatic N) is 1. The predicted octanol–water partition coefficient (Wildman–Crippen LogP) is 2.73. The van der Waals surface area contributed by atoms with Gasteiger partial charge < -0.3 is 26.2 Å². The molecule has 3 rings (SSSR count). The highest BCUT2D eigenvalue weighted by molar-refractivity contribution is 6.38. The zero-order chi connectivity index (χ0) is 32.6. The molecule has 1 saturated heterocycles. The van der Waals surface area contributed by atoms with Crippen molar-refractivity contribution in [2.45, 2.75) is 112 Å². The summed E-state index contributed by atoms with van der Waals surface area (Å²) in [6.07, 6.45) is 6.62. The van der Waals surface area contributed by atoms with Crippen molar-refractivity contribution >= 4 is 35.3 Å². The van der Waals surface area contributed by atoms with Crippen molar-refractivity contribution < 1.29 is 28.8 Å². The van der Waals surface area contributed by atoms with Crippen molar-refractivity contribution in [2.75, 3.05) is 13.1 Å². The normalized spacial score (nSPS) is 21.8. The van der Waals surface area contributed by atoms with Crippen LogP contribution < -0.4 is 21.3 Å². The number of carbonyl (C=O) groups excluding carboxylic acids is 6. The maximum Gasteiger partial charge on any atom is 0.316 e. The number of hydrogen-bond acceptors (Lipinski definition) is 6. The molecule has 0 aromatic carbocycles. The third kappa shape index (κ3) is 10.8. The predicted molar refractivity (Wildman–Crippen MR) is 165 cm³/mol. The van der Waals surface area contributed by atoms with Gasteiger partial charge in [0.05, 0.1) is 12.1 Å². The molecule has 5 atom stereocenters. The average molecular weight is 604 g/mol. The third-order valence-electron chi connectivity index (χ3n) is 8.13. The van der Waals surface area contributed by atoms with E-state index in [1.165, 1.54) is 30.7 Å². The van der Waals surface area contributed by atoms with Crippen LogP contribution in [0.15, 0.2) is 12.7 Å². The van der Waals surface area contributed by atoms with Crippen molar-refractivity contribution in [3.8, 4) is 0 Å². The first kappa shape index (κ1) is 36.0. The van der Waals surface area contributed by atoms with Crippen LogP contribution in [0.3, 0.4) is 0 Å². The Bertz CT molecular complexity index is 1060. The highest BCUT2D eigenvalue weighted by atomic mass is 16.2. The Hall–Kier alpha value is -3.24. The molecule has 0 aromatic rings. The van der Waals surface area contributed by atoms with Crippen LogP contribution in [0.5, 0.6) is 0 Å². The summed E-state index contributed by atoms with van der Waals surface area (Å²) < 4.78 is 0. The smallest absolute Gasteiger partial charge is 0.316 e. The van der Waals surface area contributed by atoms with Crippen molar-refractivity contribution in [3.05, 3.63) is 12.7 Å². The van der Waals surface area contributed by atoms with E-state index in [0.717, 1.165) is 18.8 Å². The molecular formula is C32H53N5O6. The largest absolute Gasteiger partial charge is 0.346 e. The van der Waals surface area contributed by atoms with Crippen molar-refractivity contribution in [2.24, 2.45) is 29.1 Å². The van der Waals surface area contributed by atoms with E-state index < -0.39 is 59.1 Å². The molecule has 43 heavy (non-hydrogen) atoms. The summed E-state index contributed by atoms with van der Waals surface area (Å²) in [5, 5.41) is 10.5. The molecule has 0 aromatic heterocycles. The van der Waals surface area contributed by atoms with Gasteiger partial charge in [0.1, 0.15) is 12.1 Å². The molecule has 2 aliphatic carbocycles. The Morgan fingerprint density at radius 1 is 0.907 bits per heavy atom. The number of carbonyl (C=O) groups is 6. The molecule has 1 heterocycles. The van der Waals surface area contributed by atoms with Crippen LogP contribution in [0.25, 0.3) is 0 Å². The number of rotatable bonds is 12. The van der Waals surface area contributed by atoms with Gasteiger partial charge in [0, 0.05) is 19.0 Å². The number of Topliss-reactive ketones (excluding diaryl/α,β-unsaturated/α-hetero) is 2. The van der Waals surface area contributed by atoms with Gasteiger partial charge in [-0.2, -0.15) is 0 Å². The summed E-state index contributed by atoms with van der Waals surface area (Å²) >= 11 is 0. The molecule has 0 bridgehead atoms. The van der Waals surface area contributed by atoms with Gasteiger partial charge in [-0.25, -0.2) is 4.79 Å². The summed E-state index contributed by atoms with van der Waals surface area (Å²) in [6.45, 7) is 18.6. The zero-order valence-electron chi connectivity index (χ0n) is 27.2. The molecule has 4 N–H and O–H groups in total. The molecule has 242 valence electrons. The molecule has 3 unspecified atom stereocenters. The molecule has 11 heteroatoms. The average Bonchev–Trinajstić information content (AvgIpc) is 3.86. The van der Waals surface area contributed by atoms with E-state index in [2.05, 4.69) is 34.8 Å². The summed E-state index contributed by atoms with van der Waals surface area (Å²) in [7, 11) is 0. The van der Waals surface area contributed by atoms with Crippen LogP contribution in [0.4, 0.5) is 4.79 Å². The van der Waals surface area contributed by atoms with E-state index in [1.807, 2.05) is 41.5 Å². The Balaban J connectivity index is 0.00000148. The standard InChI is InChI=1S/C28H45N5O6.C4H8/c1-9-13-29-25(37)21(34)17(5)30-24(36)20-16(4)12-14-33(20)26(38)23(28(6,7)8)32-27(39)31-19(15(2)3)22(35)18-10-11-18;1-4-2-3-4/h9,15-20,23H,1,10-14H2,2-8H3,(H,29,37)(H,30,36)(H2,31,32,39);4H,2-3H2,1H3/t16-,17?,19?,20-,23?;/m0./s1. The Morgan fingerprint density at radius 2 is 1.49 bits per heavy atom. The minimum absolute atomic E-state index is 0.00530. The zero-order valence-corrected chi connectivity index (χ0v) is 27.2. The first-order valence-electron chi connectivity index (χ1n) is 15.6. The summed E-state index contributed by atoms with van der Waals surface area (Å²) in [5.41, 5.74) is -0.707. The third-order valence-corrected chi connectivity index (χ3v) is 8.13. The lowest BCUT2D eigenvalue weighted by Crippen LogP contribution is -2.61. The number of ketones is 2.